The maximum atomic E-state index is 11.9. The molecule has 2 aliphatic rings. The van der Waals surface area contributed by atoms with Gasteiger partial charge in [0.2, 0.25) is 5.91 Å². The SMILES string of the molecule is CC(CC(=O)NCC1CCC(O)C1)C1CCCNC1. The lowest BCUT2D eigenvalue weighted by Crippen LogP contribution is -2.36. The molecule has 1 saturated heterocycles. The lowest BCUT2D eigenvalue weighted by Gasteiger charge is -2.28. The van der Waals surface area contributed by atoms with E-state index < -0.39 is 0 Å². The largest absolute Gasteiger partial charge is 0.393 e. The maximum Gasteiger partial charge on any atom is 0.220 e. The fraction of sp³-hybridized carbons (Fsp3) is 0.933. The van der Waals surface area contributed by atoms with Gasteiger partial charge in [-0.3, -0.25) is 4.79 Å². The highest BCUT2D eigenvalue weighted by Crippen LogP contribution is 2.25. The first kappa shape index (κ1) is 14.8. The van der Waals surface area contributed by atoms with Crippen molar-refractivity contribution >= 4 is 5.91 Å². The number of aliphatic hydroxyl groups excluding tert-OH is 1. The average molecular weight is 268 g/mol. The zero-order chi connectivity index (χ0) is 13.7. The molecule has 1 saturated carbocycles. The predicted octanol–water partition coefficient (Wildman–Crippen LogP) is 1.29. The van der Waals surface area contributed by atoms with Crippen LogP contribution in [0.5, 0.6) is 0 Å². The minimum absolute atomic E-state index is 0.144. The van der Waals surface area contributed by atoms with Gasteiger partial charge in [-0.1, -0.05) is 6.92 Å². The second-order valence-corrected chi connectivity index (χ2v) is 6.42. The molecule has 0 bridgehead atoms. The molecule has 1 aliphatic carbocycles. The first-order valence-corrected chi connectivity index (χ1v) is 7.80. The van der Waals surface area contributed by atoms with Crippen LogP contribution in [-0.2, 0) is 4.79 Å². The van der Waals surface area contributed by atoms with Gasteiger partial charge in [0.25, 0.3) is 0 Å². The van der Waals surface area contributed by atoms with Crippen LogP contribution in [0.25, 0.3) is 0 Å². The second kappa shape index (κ2) is 7.25. The van der Waals surface area contributed by atoms with E-state index in [0.717, 1.165) is 38.9 Å². The van der Waals surface area contributed by atoms with E-state index in [1.54, 1.807) is 0 Å². The van der Waals surface area contributed by atoms with Crippen LogP contribution in [0.2, 0.25) is 0 Å². The fourth-order valence-electron chi connectivity index (χ4n) is 3.39. The molecule has 110 valence electrons. The number of hydrogen-bond donors (Lipinski definition) is 3. The Morgan fingerprint density at radius 3 is 2.89 bits per heavy atom. The Kier molecular flexibility index (Phi) is 5.64. The summed E-state index contributed by atoms with van der Waals surface area (Å²) in [6.07, 6.45) is 5.76. The highest BCUT2D eigenvalue weighted by molar-refractivity contribution is 5.76. The third-order valence-corrected chi connectivity index (χ3v) is 4.75. The van der Waals surface area contributed by atoms with E-state index in [2.05, 4.69) is 17.6 Å². The van der Waals surface area contributed by atoms with Crippen molar-refractivity contribution in [2.24, 2.45) is 17.8 Å². The summed E-state index contributed by atoms with van der Waals surface area (Å²) in [5.41, 5.74) is 0. The van der Waals surface area contributed by atoms with Gasteiger partial charge in [0.05, 0.1) is 6.10 Å². The molecule has 19 heavy (non-hydrogen) atoms. The predicted molar refractivity (Wildman–Crippen MR) is 75.7 cm³/mol. The Bertz CT molecular complexity index is 290. The van der Waals surface area contributed by atoms with Crippen molar-refractivity contribution in [2.75, 3.05) is 19.6 Å². The Balaban J connectivity index is 1.63. The van der Waals surface area contributed by atoms with Crippen LogP contribution in [-0.4, -0.2) is 36.8 Å². The van der Waals surface area contributed by atoms with Crippen molar-refractivity contribution in [3.05, 3.63) is 0 Å². The molecular weight excluding hydrogens is 240 g/mol. The Labute approximate surface area is 116 Å². The normalized spacial score (nSPS) is 33.1. The minimum Gasteiger partial charge on any atom is -0.393 e. The van der Waals surface area contributed by atoms with Gasteiger partial charge in [0.1, 0.15) is 0 Å². The first-order chi connectivity index (χ1) is 9.15. The van der Waals surface area contributed by atoms with E-state index in [-0.39, 0.29) is 12.0 Å². The summed E-state index contributed by atoms with van der Waals surface area (Å²) in [5, 5.41) is 15.9. The molecule has 0 aromatic heterocycles. The van der Waals surface area contributed by atoms with E-state index in [0.29, 0.717) is 24.2 Å². The van der Waals surface area contributed by atoms with Gasteiger partial charge in [-0.15, -0.1) is 0 Å². The van der Waals surface area contributed by atoms with E-state index in [9.17, 15) is 9.90 Å². The molecular formula is C15H28N2O2. The number of carbonyl (C=O) groups is 1. The number of piperidine rings is 1. The summed E-state index contributed by atoms with van der Waals surface area (Å²) in [6.45, 7) is 5.12. The van der Waals surface area contributed by atoms with Crippen molar-refractivity contribution in [1.82, 2.24) is 10.6 Å². The van der Waals surface area contributed by atoms with Crippen molar-refractivity contribution < 1.29 is 9.90 Å². The quantitative estimate of drug-likeness (QED) is 0.704. The number of rotatable bonds is 5. The molecule has 0 radical (unpaired) electrons. The van der Waals surface area contributed by atoms with Gasteiger partial charge in [0.15, 0.2) is 0 Å². The van der Waals surface area contributed by atoms with Crippen molar-refractivity contribution in [3.63, 3.8) is 0 Å². The summed E-state index contributed by atoms with van der Waals surface area (Å²) in [7, 11) is 0. The van der Waals surface area contributed by atoms with Crippen molar-refractivity contribution in [3.8, 4) is 0 Å². The molecule has 4 nitrogen and oxygen atoms in total. The number of hydrogen-bond acceptors (Lipinski definition) is 3. The molecule has 4 heteroatoms. The standard InChI is InChI=1S/C15H28N2O2/c1-11(13-3-2-6-16-10-13)7-15(19)17-9-12-4-5-14(18)8-12/h11-14,16,18H,2-10H2,1H3,(H,17,19). The second-order valence-electron chi connectivity index (χ2n) is 6.42. The van der Waals surface area contributed by atoms with Crippen LogP contribution in [0.1, 0.15) is 45.4 Å². The fourth-order valence-corrected chi connectivity index (χ4v) is 3.39. The molecule has 1 aliphatic heterocycles. The third-order valence-electron chi connectivity index (χ3n) is 4.75. The van der Waals surface area contributed by atoms with E-state index in [1.165, 1.54) is 12.8 Å². The van der Waals surface area contributed by atoms with Crippen molar-refractivity contribution in [1.29, 1.82) is 0 Å². The monoisotopic (exact) mass is 268 g/mol. The molecule has 2 rings (SSSR count). The number of nitrogens with one attached hydrogen (secondary N) is 2. The maximum absolute atomic E-state index is 11.9. The smallest absolute Gasteiger partial charge is 0.220 e. The molecule has 1 heterocycles. The number of amides is 1. The highest BCUT2D eigenvalue weighted by Gasteiger charge is 2.24. The topological polar surface area (TPSA) is 61.4 Å². The van der Waals surface area contributed by atoms with Crippen LogP contribution in [0.15, 0.2) is 0 Å². The Hall–Kier alpha value is -0.610. The molecule has 0 aromatic rings. The van der Waals surface area contributed by atoms with E-state index >= 15 is 0 Å². The molecule has 0 spiro atoms. The average Bonchev–Trinajstić information content (AvgIpc) is 2.83. The highest BCUT2D eigenvalue weighted by atomic mass is 16.3. The number of aliphatic hydroxyl groups is 1. The molecule has 3 N–H and O–H groups in total. The lowest BCUT2D eigenvalue weighted by atomic mass is 9.85. The van der Waals surface area contributed by atoms with Gasteiger partial charge in [-0.2, -0.15) is 0 Å². The Morgan fingerprint density at radius 2 is 2.26 bits per heavy atom. The molecule has 1 amide bonds. The molecule has 4 atom stereocenters. The van der Waals surface area contributed by atoms with Gasteiger partial charge in [-0.05, 0) is 62.9 Å². The van der Waals surface area contributed by atoms with Crippen LogP contribution in [0.3, 0.4) is 0 Å². The van der Waals surface area contributed by atoms with Gasteiger partial charge >= 0.3 is 0 Å². The third kappa shape index (κ3) is 4.77. The zero-order valence-electron chi connectivity index (χ0n) is 12.0. The summed E-state index contributed by atoms with van der Waals surface area (Å²) in [5.74, 6) is 1.76. The number of carbonyl (C=O) groups excluding carboxylic acids is 1. The minimum atomic E-state index is -0.144. The van der Waals surface area contributed by atoms with Gasteiger partial charge < -0.3 is 15.7 Å². The van der Waals surface area contributed by atoms with Crippen LogP contribution < -0.4 is 10.6 Å². The summed E-state index contributed by atoms with van der Waals surface area (Å²) >= 11 is 0. The lowest BCUT2D eigenvalue weighted by molar-refractivity contribution is -0.122. The molecule has 4 unspecified atom stereocenters. The van der Waals surface area contributed by atoms with Crippen LogP contribution >= 0.6 is 0 Å². The summed E-state index contributed by atoms with van der Waals surface area (Å²) < 4.78 is 0. The van der Waals surface area contributed by atoms with E-state index in [4.69, 9.17) is 0 Å². The van der Waals surface area contributed by atoms with Crippen LogP contribution in [0.4, 0.5) is 0 Å². The van der Waals surface area contributed by atoms with E-state index in [1.807, 2.05) is 0 Å². The Morgan fingerprint density at radius 1 is 1.42 bits per heavy atom. The molecule has 0 aromatic carbocycles. The first-order valence-electron chi connectivity index (χ1n) is 7.80. The summed E-state index contributed by atoms with van der Waals surface area (Å²) in [4.78, 5) is 11.9. The van der Waals surface area contributed by atoms with Gasteiger partial charge in [-0.25, -0.2) is 0 Å². The van der Waals surface area contributed by atoms with Crippen molar-refractivity contribution in [2.45, 2.75) is 51.6 Å². The molecule has 2 fully saturated rings. The zero-order valence-corrected chi connectivity index (χ0v) is 12.0. The van der Waals surface area contributed by atoms with Crippen LogP contribution in [0, 0.1) is 17.8 Å². The van der Waals surface area contributed by atoms with Gasteiger partial charge in [0, 0.05) is 13.0 Å². The summed E-state index contributed by atoms with van der Waals surface area (Å²) in [6, 6.07) is 0.